The molecule has 0 unspecified atom stereocenters. The van der Waals surface area contributed by atoms with E-state index < -0.39 is 5.97 Å². The number of carbonyl (C=O) groups is 1. The Kier molecular flexibility index (Phi) is 4.29. The molecule has 0 N–H and O–H groups in total. The van der Waals surface area contributed by atoms with Crippen LogP contribution in [0.4, 0.5) is 17.3 Å². The summed E-state index contributed by atoms with van der Waals surface area (Å²) in [5.74, 6) is 1.02. The molecule has 0 radical (unpaired) electrons. The Morgan fingerprint density at radius 1 is 0.767 bits per heavy atom. The van der Waals surface area contributed by atoms with Gasteiger partial charge in [-0.25, -0.2) is 14.8 Å². The molecule has 0 atom stereocenters. The molecule has 4 aromatic rings. The molecule has 0 saturated heterocycles. The number of aryl methyl sites for hydroxylation is 2. The minimum Gasteiger partial charge on any atom is -0.419 e. The third-order valence-corrected chi connectivity index (χ3v) is 5.05. The zero-order chi connectivity index (χ0) is 20.7. The Balaban J connectivity index is 1.83. The highest BCUT2D eigenvalue weighted by molar-refractivity contribution is 6.02. The maximum absolute atomic E-state index is 12.9. The number of pyridine rings is 2. The summed E-state index contributed by atoms with van der Waals surface area (Å²) in [6.45, 7) is 3.83. The third-order valence-electron chi connectivity index (χ3n) is 5.05. The fourth-order valence-electron chi connectivity index (χ4n) is 3.68. The number of esters is 1. The van der Waals surface area contributed by atoms with Crippen LogP contribution in [0.3, 0.4) is 0 Å². The molecule has 30 heavy (non-hydrogen) atoms. The molecule has 2 aromatic carbocycles. The lowest BCUT2D eigenvalue weighted by Crippen LogP contribution is -2.16. The zero-order valence-corrected chi connectivity index (χ0v) is 16.7. The summed E-state index contributed by atoms with van der Waals surface area (Å²) in [5.41, 5.74) is 5.15. The van der Waals surface area contributed by atoms with Crippen LogP contribution in [0.5, 0.6) is 5.75 Å². The second-order valence-electron chi connectivity index (χ2n) is 7.33. The van der Waals surface area contributed by atoms with E-state index in [0.717, 1.165) is 27.9 Å². The van der Waals surface area contributed by atoms with Gasteiger partial charge in [0.25, 0.3) is 0 Å². The van der Waals surface area contributed by atoms with Crippen LogP contribution >= 0.6 is 0 Å². The first-order chi connectivity index (χ1) is 14.6. The van der Waals surface area contributed by atoms with Crippen molar-refractivity contribution in [3.63, 3.8) is 0 Å². The van der Waals surface area contributed by atoms with E-state index in [0.29, 0.717) is 22.9 Å². The van der Waals surface area contributed by atoms with Crippen LogP contribution in [-0.2, 0) is 0 Å². The number of hydrogen-bond acceptors (Lipinski definition) is 5. The molecular formula is C25H19N3O2. The number of nitrogens with zero attached hydrogens (tertiary/aromatic N) is 3. The van der Waals surface area contributed by atoms with Crippen molar-refractivity contribution in [1.82, 2.24) is 9.97 Å². The van der Waals surface area contributed by atoms with Crippen molar-refractivity contribution in [3.8, 4) is 16.9 Å². The molecule has 5 nitrogen and oxygen atoms in total. The second kappa shape index (κ2) is 7.12. The number of anilines is 3. The van der Waals surface area contributed by atoms with Crippen molar-refractivity contribution in [2.24, 2.45) is 0 Å². The highest BCUT2D eigenvalue weighted by Crippen LogP contribution is 2.45. The van der Waals surface area contributed by atoms with Gasteiger partial charge < -0.3 is 4.74 Å². The Morgan fingerprint density at radius 3 is 2.23 bits per heavy atom. The lowest BCUT2D eigenvalue weighted by molar-refractivity contribution is 0.0738. The maximum Gasteiger partial charge on any atom is 0.347 e. The molecule has 2 aromatic heterocycles. The maximum atomic E-state index is 12.9. The van der Waals surface area contributed by atoms with Crippen molar-refractivity contribution in [2.45, 2.75) is 13.8 Å². The lowest BCUT2D eigenvalue weighted by atomic mass is 10.0. The van der Waals surface area contributed by atoms with Gasteiger partial charge in [0.2, 0.25) is 0 Å². The number of benzene rings is 2. The van der Waals surface area contributed by atoms with Gasteiger partial charge in [0.1, 0.15) is 5.56 Å². The summed E-state index contributed by atoms with van der Waals surface area (Å²) in [6, 6.07) is 21.8. The van der Waals surface area contributed by atoms with E-state index in [2.05, 4.69) is 28.2 Å². The molecule has 3 heterocycles. The molecule has 0 saturated carbocycles. The van der Waals surface area contributed by atoms with Gasteiger partial charge in [-0.1, -0.05) is 48.5 Å². The molecule has 5 heteroatoms. The van der Waals surface area contributed by atoms with Gasteiger partial charge in [0.15, 0.2) is 17.4 Å². The smallest absolute Gasteiger partial charge is 0.347 e. The van der Waals surface area contributed by atoms with E-state index in [1.54, 1.807) is 12.4 Å². The molecule has 1 aliphatic heterocycles. The Labute approximate surface area is 174 Å². The Hall–Kier alpha value is -3.99. The van der Waals surface area contributed by atoms with Gasteiger partial charge in [0, 0.05) is 18.0 Å². The van der Waals surface area contributed by atoms with Gasteiger partial charge in [-0.15, -0.1) is 0 Å². The average molecular weight is 393 g/mol. The van der Waals surface area contributed by atoms with Crippen molar-refractivity contribution < 1.29 is 9.53 Å². The highest BCUT2D eigenvalue weighted by Gasteiger charge is 2.31. The first-order valence-electron chi connectivity index (χ1n) is 9.72. The summed E-state index contributed by atoms with van der Waals surface area (Å²) in [7, 11) is 0. The topological polar surface area (TPSA) is 55.3 Å². The minimum absolute atomic E-state index is 0.411. The molecule has 0 fully saturated rings. The monoisotopic (exact) mass is 393 g/mol. The summed E-state index contributed by atoms with van der Waals surface area (Å²) >= 11 is 0. The lowest BCUT2D eigenvalue weighted by Gasteiger charge is -2.26. The van der Waals surface area contributed by atoms with E-state index in [1.165, 1.54) is 0 Å². The number of para-hydroxylation sites is 1. The Bertz CT molecular complexity index is 1270. The molecule has 0 aliphatic carbocycles. The summed E-state index contributed by atoms with van der Waals surface area (Å²) in [5, 5.41) is 0. The van der Waals surface area contributed by atoms with E-state index in [-0.39, 0.29) is 0 Å². The van der Waals surface area contributed by atoms with Gasteiger partial charge >= 0.3 is 5.97 Å². The SMILES string of the molecule is Cc1cnc2c(c1)OC(=O)c1cc(C)cnc1N2c1ccccc1-c1ccccc1. The van der Waals surface area contributed by atoms with Crippen molar-refractivity contribution in [1.29, 1.82) is 0 Å². The molecule has 146 valence electrons. The molecule has 0 bridgehead atoms. The van der Waals surface area contributed by atoms with Crippen molar-refractivity contribution in [2.75, 3.05) is 4.90 Å². The molecule has 1 aliphatic rings. The number of ether oxygens (including phenoxy) is 1. The quantitative estimate of drug-likeness (QED) is 0.405. The zero-order valence-electron chi connectivity index (χ0n) is 16.7. The number of rotatable bonds is 2. The molecule has 0 amide bonds. The summed E-state index contributed by atoms with van der Waals surface area (Å²) in [6.07, 6.45) is 3.52. The van der Waals surface area contributed by atoms with Crippen LogP contribution in [0.1, 0.15) is 21.5 Å². The molecule has 5 rings (SSSR count). The molecular weight excluding hydrogens is 374 g/mol. The largest absolute Gasteiger partial charge is 0.419 e. The number of carbonyl (C=O) groups excluding carboxylic acids is 1. The fraction of sp³-hybridized carbons (Fsp3) is 0.0800. The average Bonchev–Trinajstić information content (AvgIpc) is 2.88. The number of fused-ring (bicyclic) bond motifs is 2. The van der Waals surface area contributed by atoms with Gasteiger partial charge in [0.05, 0.1) is 5.69 Å². The van der Waals surface area contributed by atoms with E-state index in [4.69, 9.17) is 4.74 Å². The predicted molar refractivity (Wildman–Crippen MR) is 117 cm³/mol. The van der Waals surface area contributed by atoms with Crippen LogP contribution in [0.15, 0.2) is 79.1 Å². The molecule has 0 spiro atoms. The van der Waals surface area contributed by atoms with Gasteiger partial charge in [-0.2, -0.15) is 0 Å². The van der Waals surface area contributed by atoms with Crippen LogP contribution in [0.2, 0.25) is 0 Å². The second-order valence-corrected chi connectivity index (χ2v) is 7.33. The first-order valence-corrected chi connectivity index (χ1v) is 9.72. The Morgan fingerprint density at radius 2 is 1.43 bits per heavy atom. The van der Waals surface area contributed by atoms with Crippen LogP contribution < -0.4 is 9.64 Å². The van der Waals surface area contributed by atoms with E-state index in [1.807, 2.05) is 67.3 Å². The predicted octanol–water partition coefficient (Wildman–Crippen LogP) is 5.76. The standard InChI is InChI=1S/C25H19N3O2/c1-16-12-20-23(26-14-16)28(24-22(30-25(20)29)13-17(2)15-27-24)21-11-7-6-10-19(21)18-8-4-3-5-9-18/h3-15H,1-2H3. The van der Waals surface area contributed by atoms with Crippen molar-refractivity contribution in [3.05, 3.63) is 95.8 Å². The van der Waals surface area contributed by atoms with E-state index >= 15 is 0 Å². The normalized spacial score (nSPS) is 12.6. The van der Waals surface area contributed by atoms with Crippen LogP contribution in [-0.4, -0.2) is 15.9 Å². The number of hydrogen-bond donors (Lipinski definition) is 0. The number of aromatic nitrogens is 2. The van der Waals surface area contributed by atoms with Gasteiger partial charge in [-0.05, 0) is 48.7 Å². The van der Waals surface area contributed by atoms with E-state index in [9.17, 15) is 4.79 Å². The minimum atomic E-state index is -0.436. The first kappa shape index (κ1) is 18.1. The summed E-state index contributed by atoms with van der Waals surface area (Å²) in [4.78, 5) is 24.1. The fourth-order valence-corrected chi connectivity index (χ4v) is 3.68. The summed E-state index contributed by atoms with van der Waals surface area (Å²) < 4.78 is 5.73. The van der Waals surface area contributed by atoms with Gasteiger partial charge in [-0.3, -0.25) is 4.90 Å². The van der Waals surface area contributed by atoms with Crippen LogP contribution in [0, 0.1) is 13.8 Å². The highest BCUT2D eigenvalue weighted by atomic mass is 16.5. The van der Waals surface area contributed by atoms with Crippen LogP contribution in [0.25, 0.3) is 11.1 Å². The third kappa shape index (κ3) is 3.01. The van der Waals surface area contributed by atoms with Crippen molar-refractivity contribution >= 4 is 23.3 Å².